The zero-order valence-corrected chi connectivity index (χ0v) is 12.7. The quantitative estimate of drug-likeness (QED) is 0.914. The Morgan fingerprint density at radius 3 is 2.62 bits per heavy atom. The summed E-state index contributed by atoms with van der Waals surface area (Å²) in [6, 6.07) is 6.26. The molecule has 5 heteroatoms. The van der Waals surface area contributed by atoms with Crippen molar-refractivity contribution in [2.24, 2.45) is 5.92 Å². The van der Waals surface area contributed by atoms with Crippen LogP contribution in [0.4, 0.5) is 9.52 Å². The summed E-state index contributed by atoms with van der Waals surface area (Å²) in [6.07, 6.45) is 4.22. The Balaban J connectivity index is 1.77. The Bertz CT molecular complexity index is 645. The number of anilines is 1. The van der Waals surface area contributed by atoms with Gasteiger partial charge in [-0.2, -0.15) is 0 Å². The third-order valence-electron chi connectivity index (χ3n) is 3.87. The molecule has 1 amide bonds. The van der Waals surface area contributed by atoms with Crippen LogP contribution in [0.25, 0.3) is 11.3 Å². The first-order chi connectivity index (χ1) is 10.1. The van der Waals surface area contributed by atoms with Crippen molar-refractivity contribution < 1.29 is 9.18 Å². The van der Waals surface area contributed by atoms with Gasteiger partial charge in [0.05, 0.1) is 5.69 Å². The number of thiazole rings is 1. The number of carbonyl (C=O) groups is 1. The van der Waals surface area contributed by atoms with Crippen LogP contribution in [0.15, 0.2) is 24.3 Å². The molecule has 3 nitrogen and oxygen atoms in total. The van der Waals surface area contributed by atoms with Crippen molar-refractivity contribution in [1.82, 2.24) is 4.98 Å². The molecule has 21 heavy (non-hydrogen) atoms. The van der Waals surface area contributed by atoms with Crippen LogP contribution in [0.3, 0.4) is 0 Å². The van der Waals surface area contributed by atoms with Gasteiger partial charge in [0.15, 0.2) is 5.13 Å². The zero-order valence-electron chi connectivity index (χ0n) is 11.9. The molecule has 1 aliphatic carbocycles. The van der Waals surface area contributed by atoms with Gasteiger partial charge >= 0.3 is 0 Å². The van der Waals surface area contributed by atoms with Gasteiger partial charge in [-0.15, -0.1) is 11.3 Å². The summed E-state index contributed by atoms with van der Waals surface area (Å²) in [5.74, 6) is -0.0585. The predicted molar refractivity (Wildman–Crippen MR) is 82.8 cm³/mol. The second-order valence-corrected chi connectivity index (χ2v) is 6.60. The third-order valence-corrected chi connectivity index (χ3v) is 4.76. The SMILES string of the molecule is Cc1sc(NC(=O)C2CCCC2)nc1-c1ccc(F)cc1. The van der Waals surface area contributed by atoms with Crippen molar-refractivity contribution in [3.8, 4) is 11.3 Å². The fraction of sp³-hybridized carbons (Fsp3) is 0.375. The molecule has 1 saturated carbocycles. The van der Waals surface area contributed by atoms with Gasteiger partial charge in [0.2, 0.25) is 5.91 Å². The van der Waals surface area contributed by atoms with Crippen LogP contribution in [-0.4, -0.2) is 10.9 Å². The number of aromatic nitrogens is 1. The number of halogens is 1. The van der Waals surface area contributed by atoms with Crippen molar-refractivity contribution in [3.05, 3.63) is 35.0 Å². The van der Waals surface area contributed by atoms with E-state index in [1.165, 1.54) is 23.5 Å². The summed E-state index contributed by atoms with van der Waals surface area (Å²) in [5.41, 5.74) is 1.67. The fourth-order valence-electron chi connectivity index (χ4n) is 2.72. The maximum absolute atomic E-state index is 13.0. The van der Waals surface area contributed by atoms with Gasteiger partial charge in [0.25, 0.3) is 0 Å². The average molecular weight is 304 g/mol. The molecular weight excluding hydrogens is 287 g/mol. The van der Waals surface area contributed by atoms with Gasteiger partial charge < -0.3 is 5.32 Å². The smallest absolute Gasteiger partial charge is 0.229 e. The number of hydrogen-bond acceptors (Lipinski definition) is 3. The molecule has 0 atom stereocenters. The van der Waals surface area contributed by atoms with Crippen molar-refractivity contribution in [2.45, 2.75) is 32.6 Å². The summed E-state index contributed by atoms with van der Waals surface area (Å²) in [4.78, 5) is 17.6. The second kappa shape index (κ2) is 5.93. The van der Waals surface area contributed by atoms with E-state index in [0.29, 0.717) is 5.13 Å². The Morgan fingerprint density at radius 1 is 1.29 bits per heavy atom. The number of rotatable bonds is 3. The second-order valence-electron chi connectivity index (χ2n) is 5.40. The standard InChI is InChI=1S/C16H17FN2OS/c1-10-14(11-6-8-13(17)9-7-11)18-16(21-10)19-15(20)12-4-2-3-5-12/h6-9,12H,2-5H2,1H3,(H,18,19,20). The van der Waals surface area contributed by atoms with E-state index in [1.807, 2.05) is 6.92 Å². The number of aryl methyl sites for hydroxylation is 1. The van der Waals surface area contributed by atoms with Gasteiger partial charge in [-0.3, -0.25) is 4.79 Å². The highest BCUT2D eigenvalue weighted by atomic mass is 32.1. The molecule has 0 unspecified atom stereocenters. The van der Waals surface area contributed by atoms with Gasteiger partial charge in [-0.1, -0.05) is 12.8 Å². The molecule has 1 N–H and O–H groups in total. The van der Waals surface area contributed by atoms with Crippen molar-refractivity contribution in [3.63, 3.8) is 0 Å². The van der Waals surface area contributed by atoms with E-state index in [2.05, 4.69) is 10.3 Å². The van der Waals surface area contributed by atoms with Gasteiger partial charge in [0, 0.05) is 16.4 Å². The van der Waals surface area contributed by atoms with E-state index < -0.39 is 0 Å². The monoisotopic (exact) mass is 304 g/mol. The summed E-state index contributed by atoms with van der Waals surface area (Å²) in [6.45, 7) is 1.96. The van der Waals surface area contributed by atoms with Crippen molar-refractivity contribution >= 4 is 22.4 Å². The minimum Gasteiger partial charge on any atom is -0.302 e. The van der Waals surface area contributed by atoms with E-state index in [4.69, 9.17) is 0 Å². The van der Waals surface area contributed by atoms with E-state index in [9.17, 15) is 9.18 Å². The first kappa shape index (κ1) is 14.2. The van der Waals surface area contributed by atoms with Crippen LogP contribution in [0, 0.1) is 18.7 Å². The largest absolute Gasteiger partial charge is 0.302 e. The molecule has 110 valence electrons. The maximum atomic E-state index is 13.0. The molecule has 0 aliphatic heterocycles. The fourth-order valence-corrected chi connectivity index (χ4v) is 3.56. The molecule has 1 heterocycles. The minimum atomic E-state index is -0.263. The topological polar surface area (TPSA) is 42.0 Å². The Hall–Kier alpha value is -1.75. The van der Waals surface area contributed by atoms with E-state index >= 15 is 0 Å². The van der Waals surface area contributed by atoms with E-state index in [0.717, 1.165) is 41.8 Å². The molecule has 1 aromatic carbocycles. The number of carbonyl (C=O) groups excluding carboxylic acids is 1. The van der Waals surface area contributed by atoms with E-state index in [1.54, 1.807) is 12.1 Å². The zero-order chi connectivity index (χ0) is 14.8. The van der Waals surface area contributed by atoms with Gasteiger partial charge in [-0.25, -0.2) is 9.37 Å². The highest BCUT2D eigenvalue weighted by Gasteiger charge is 2.23. The summed E-state index contributed by atoms with van der Waals surface area (Å²) >= 11 is 1.46. The van der Waals surface area contributed by atoms with E-state index in [-0.39, 0.29) is 17.6 Å². The average Bonchev–Trinajstić information content (AvgIpc) is 3.10. The van der Waals surface area contributed by atoms with Crippen LogP contribution < -0.4 is 5.32 Å². The molecule has 2 aromatic rings. The van der Waals surface area contributed by atoms with Crippen LogP contribution in [0.2, 0.25) is 0 Å². The number of nitrogens with one attached hydrogen (secondary N) is 1. The third kappa shape index (κ3) is 3.13. The van der Waals surface area contributed by atoms with Gasteiger partial charge in [-0.05, 0) is 44.0 Å². The molecule has 1 aromatic heterocycles. The Morgan fingerprint density at radius 2 is 1.95 bits per heavy atom. The molecule has 3 rings (SSSR count). The predicted octanol–water partition coefficient (Wildman–Crippen LogP) is 4.39. The molecule has 1 fully saturated rings. The number of hydrogen-bond donors (Lipinski definition) is 1. The van der Waals surface area contributed by atoms with Crippen molar-refractivity contribution in [2.75, 3.05) is 5.32 Å². The molecule has 0 bridgehead atoms. The van der Waals surface area contributed by atoms with Crippen LogP contribution in [0.5, 0.6) is 0 Å². The Labute approximate surface area is 127 Å². The highest BCUT2D eigenvalue weighted by molar-refractivity contribution is 7.16. The number of amides is 1. The minimum absolute atomic E-state index is 0.0758. The van der Waals surface area contributed by atoms with Crippen LogP contribution in [-0.2, 0) is 4.79 Å². The normalized spacial score (nSPS) is 15.3. The first-order valence-electron chi connectivity index (χ1n) is 7.18. The number of nitrogens with zero attached hydrogens (tertiary/aromatic N) is 1. The molecule has 0 saturated heterocycles. The molecule has 0 spiro atoms. The van der Waals surface area contributed by atoms with Gasteiger partial charge in [0.1, 0.15) is 5.82 Å². The summed E-state index contributed by atoms with van der Waals surface area (Å²) in [5, 5.41) is 3.55. The molecular formula is C16H17FN2OS. The molecule has 0 radical (unpaired) electrons. The lowest BCUT2D eigenvalue weighted by atomic mass is 10.1. The number of benzene rings is 1. The van der Waals surface area contributed by atoms with Crippen LogP contribution in [0.1, 0.15) is 30.6 Å². The first-order valence-corrected chi connectivity index (χ1v) is 7.99. The lowest BCUT2D eigenvalue weighted by Gasteiger charge is -2.07. The summed E-state index contributed by atoms with van der Waals surface area (Å²) in [7, 11) is 0. The highest BCUT2D eigenvalue weighted by Crippen LogP contribution is 2.32. The lowest BCUT2D eigenvalue weighted by Crippen LogP contribution is -2.20. The lowest BCUT2D eigenvalue weighted by molar-refractivity contribution is -0.119. The van der Waals surface area contributed by atoms with Crippen molar-refractivity contribution in [1.29, 1.82) is 0 Å². The Kier molecular flexibility index (Phi) is 4.01. The maximum Gasteiger partial charge on any atom is 0.229 e. The summed E-state index contributed by atoms with van der Waals surface area (Å²) < 4.78 is 13.0. The van der Waals surface area contributed by atoms with Crippen LogP contribution >= 0.6 is 11.3 Å². The molecule has 1 aliphatic rings.